The first-order valence-corrected chi connectivity index (χ1v) is 7.12. The van der Waals surface area contributed by atoms with Crippen LogP contribution in [-0.4, -0.2) is 42.2 Å². The lowest BCUT2D eigenvalue weighted by Gasteiger charge is -2.19. The summed E-state index contributed by atoms with van der Waals surface area (Å²) in [6.45, 7) is 4.50. The molecule has 5 nitrogen and oxygen atoms in total. The summed E-state index contributed by atoms with van der Waals surface area (Å²) in [7, 11) is 0. The molecule has 1 aromatic rings. The third-order valence-corrected chi connectivity index (χ3v) is 3.26. The Bertz CT molecular complexity index is 440. The lowest BCUT2D eigenvalue weighted by atomic mass is 10.2. The van der Waals surface area contributed by atoms with Crippen molar-refractivity contribution >= 4 is 28.9 Å². The number of anilines is 2. The Morgan fingerprint density at radius 3 is 2.85 bits per heavy atom. The van der Waals surface area contributed by atoms with E-state index in [1.807, 2.05) is 6.92 Å². The zero-order chi connectivity index (χ0) is 15.0. The zero-order valence-electron chi connectivity index (χ0n) is 11.7. The van der Waals surface area contributed by atoms with Crippen molar-refractivity contribution in [2.75, 3.05) is 37.3 Å². The highest BCUT2D eigenvalue weighted by atomic mass is 35.5. The largest absolute Gasteiger partial charge is 0.397 e. The highest BCUT2D eigenvalue weighted by molar-refractivity contribution is 6.31. The summed E-state index contributed by atoms with van der Waals surface area (Å²) in [6, 6.07) is 4.98. The third-order valence-electron chi connectivity index (χ3n) is 3.02. The first kappa shape index (κ1) is 16.8. The van der Waals surface area contributed by atoms with Gasteiger partial charge in [0.25, 0.3) is 0 Å². The number of hydrogen-bond acceptors (Lipinski definition) is 4. The van der Waals surface area contributed by atoms with Crippen molar-refractivity contribution in [1.82, 2.24) is 4.90 Å². The van der Waals surface area contributed by atoms with Gasteiger partial charge in [0.05, 0.1) is 11.4 Å². The topological polar surface area (TPSA) is 78.6 Å². The monoisotopic (exact) mass is 299 g/mol. The molecule has 1 amide bonds. The Hall–Kier alpha value is -1.30. The number of nitrogens with one attached hydrogen (secondary N) is 1. The molecule has 1 aromatic carbocycles. The number of halogens is 1. The van der Waals surface area contributed by atoms with E-state index in [2.05, 4.69) is 10.2 Å². The molecule has 0 fully saturated rings. The van der Waals surface area contributed by atoms with Gasteiger partial charge in [0, 0.05) is 31.1 Å². The zero-order valence-corrected chi connectivity index (χ0v) is 12.5. The minimum absolute atomic E-state index is 0.0959. The molecule has 1 rings (SSSR count). The standard InChI is InChI=1S/C14H22ClN3O2/c1-2-18(7-3-9-19)8-6-14(20)17-13-10-11(15)4-5-12(13)16/h4-5,10,19H,2-3,6-9,16H2,1H3,(H,17,20). The first-order valence-electron chi connectivity index (χ1n) is 6.75. The predicted octanol–water partition coefficient (Wildman–Crippen LogP) is 1.96. The lowest BCUT2D eigenvalue weighted by Crippen LogP contribution is -2.29. The van der Waals surface area contributed by atoms with Gasteiger partial charge in [0.1, 0.15) is 0 Å². The average molecular weight is 300 g/mol. The van der Waals surface area contributed by atoms with Gasteiger partial charge in [-0.05, 0) is 31.2 Å². The molecule has 0 saturated carbocycles. The van der Waals surface area contributed by atoms with Crippen LogP contribution in [0.1, 0.15) is 19.8 Å². The lowest BCUT2D eigenvalue weighted by molar-refractivity contribution is -0.116. The maximum absolute atomic E-state index is 11.9. The van der Waals surface area contributed by atoms with E-state index in [1.54, 1.807) is 18.2 Å². The number of nitrogens with two attached hydrogens (primary N) is 1. The van der Waals surface area contributed by atoms with Gasteiger partial charge in [-0.25, -0.2) is 0 Å². The molecule has 0 spiro atoms. The van der Waals surface area contributed by atoms with Gasteiger partial charge in [-0.2, -0.15) is 0 Å². The van der Waals surface area contributed by atoms with E-state index >= 15 is 0 Å². The average Bonchev–Trinajstić information content (AvgIpc) is 2.43. The molecule has 0 aromatic heterocycles. The van der Waals surface area contributed by atoms with Gasteiger partial charge < -0.3 is 21.1 Å². The Morgan fingerprint density at radius 2 is 2.20 bits per heavy atom. The normalized spacial score (nSPS) is 10.8. The van der Waals surface area contributed by atoms with Crippen LogP contribution in [0.15, 0.2) is 18.2 Å². The first-order chi connectivity index (χ1) is 9.56. The SMILES string of the molecule is CCN(CCCO)CCC(=O)Nc1cc(Cl)ccc1N. The molecule has 0 radical (unpaired) electrons. The van der Waals surface area contributed by atoms with Crippen LogP contribution >= 0.6 is 11.6 Å². The number of carbonyl (C=O) groups is 1. The number of rotatable bonds is 8. The Morgan fingerprint density at radius 1 is 1.45 bits per heavy atom. The quantitative estimate of drug-likeness (QED) is 0.641. The smallest absolute Gasteiger partial charge is 0.225 e. The Balaban J connectivity index is 2.45. The van der Waals surface area contributed by atoms with Crippen molar-refractivity contribution in [3.05, 3.63) is 23.2 Å². The molecule has 0 bridgehead atoms. The third kappa shape index (κ3) is 5.77. The number of aliphatic hydroxyl groups is 1. The van der Waals surface area contributed by atoms with Crippen LogP contribution in [-0.2, 0) is 4.79 Å². The van der Waals surface area contributed by atoms with Crippen LogP contribution in [0.5, 0.6) is 0 Å². The molecule has 112 valence electrons. The van der Waals surface area contributed by atoms with Crippen LogP contribution in [0.2, 0.25) is 5.02 Å². The Kier molecular flexibility index (Phi) is 7.36. The molecule has 0 heterocycles. The fourth-order valence-electron chi connectivity index (χ4n) is 1.83. The number of aliphatic hydroxyl groups excluding tert-OH is 1. The van der Waals surface area contributed by atoms with Crippen molar-refractivity contribution in [3.63, 3.8) is 0 Å². The van der Waals surface area contributed by atoms with E-state index in [0.717, 1.165) is 19.5 Å². The van der Waals surface area contributed by atoms with Crippen molar-refractivity contribution in [3.8, 4) is 0 Å². The van der Waals surface area contributed by atoms with E-state index < -0.39 is 0 Å². The van der Waals surface area contributed by atoms with Gasteiger partial charge in [-0.1, -0.05) is 18.5 Å². The molecule has 6 heteroatoms. The molecule has 0 aliphatic rings. The molecule has 0 atom stereocenters. The minimum atomic E-state index is -0.0959. The van der Waals surface area contributed by atoms with Gasteiger partial charge in [0.2, 0.25) is 5.91 Å². The molecule has 4 N–H and O–H groups in total. The van der Waals surface area contributed by atoms with Crippen LogP contribution in [0.25, 0.3) is 0 Å². The molecular weight excluding hydrogens is 278 g/mol. The van der Waals surface area contributed by atoms with Crippen LogP contribution in [0.4, 0.5) is 11.4 Å². The number of amides is 1. The van der Waals surface area contributed by atoms with E-state index in [4.69, 9.17) is 22.4 Å². The van der Waals surface area contributed by atoms with E-state index in [-0.39, 0.29) is 12.5 Å². The van der Waals surface area contributed by atoms with E-state index in [9.17, 15) is 4.79 Å². The molecule has 20 heavy (non-hydrogen) atoms. The molecule has 0 unspecified atom stereocenters. The van der Waals surface area contributed by atoms with Crippen molar-refractivity contribution in [2.45, 2.75) is 19.8 Å². The molecule has 0 saturated heterocycles. The Labute approximate surface area is 124 Å². The summed E-state index contributed by atoms with van der Waals surface area (Å²) in [5.74, 6) is -0.0959. The van der Waals surface area contributed by atoms with Crippen molar-refractivity contribution < 1.29 is 9.90 Å². The second-order valence-electron chi connectivity index (χ2n) is 4.54. The number of benzene rings is 1. The van der Waals surface area contributed by atoms with Crippen molar-refractivity contribution in [1.29, 1.82) is 0 Å². The summed E-state index contributed by atoms with van der Waals surface area (Å²) in [5, 5.41) is 12.1. The molecule has 0 aliphatic heterocycles. The highest BCUT2D eigenvalue weighted by Crippen LogP contribution is 2.22. The fraction of sp³-hybridized carbons (Fsp3) is 0.500. The second-order valence-corrected chi connectivity index (χ2v) is 4.98. The maximum atomic E-state index is 11.9. The number of nitrogens with zero attached hydrogens (tertiary/aromatic N) is 1. The van der Waals surface area contributed by atoms with Crippen molar-refractivity contribution in [2.24, 2.45) is 0 Å². The molecule has 0 aliphatic carbocycles. The maximum Gasteiger partial charge on any atom is 0.225 e. The summed E-state index contributed by atoms with van der Waals surface area (Å²) in [5.41, 5.74) is 6.81. The number of carbonyl (C=O) groups excluding carboxylic acids is 1. The summed E-state index contributed by atoms with van der Waals surface area (Å²) >= 11 is 5.87. The fourth-order valence-corrected chi connectivity index (χ4v) is 2.00. The van der Waals surface area contributed by atoms with E-state index in [0.29, 0.717) is 29.4 Å². The second kappa shape index (κ2) is 8.79. The minimum Gasteiger partial charge on any atom is -0.397 e. The number of nitrogen functional groups attached to an aromatic ring is 1. The number of hydrogen-bond donors (Lipinski definition) is 3. The van der Waals surface area contributed by atoms with Gasteiger partial charge in [0.15, 0.2) is 0 Å². The van der Waals surface area contributed by atoms with Crippen LogP contribution in [0, 0.1) is 0 Å². The van der Waals surface area contributed by atoms with Gasteiger partial charge >= 0.3 is 0 Å². The summed E-state index contributed by atoms with van der Waals surface area (Å²) in [6.07, 6.45) is 1.10. The van der Waals surface area contributed by atoms with Crippen LogP contribution < -0.4 is 11.1 Å². The van der Waals surface area contributed by atoms with Crippen LogP contribution in [0.3, 0.4) is 0 Å². The summed E-state index contributed by atoms with van der Waals surface area (Å²) in [4.78, 5) is 14.0. The highest BCUT2D eigenvalue weighted by Gasteiger charge is 2.08. The van der Waals surface area contributed by atoms with Gasteiger partial charge in [-0.15, -0.1) is 0 Å². The van der Waals surface area contributed by atoms with Gasteiger partial charge in [-0.3, -0.25) is 4.79 Å². The van der Waals surface area contributed by atoms with E-state index in [1.165, 1.54) is 0 Å². The molecular formula is C14H22ClN3O2. The summed E-state index contributed by atoms with van der Waals surface area (Å²) < 4.78 is 0. The predicted molar refractivity (Wildman–Crippen MR) is 82.9 cm³/mol.